The summed E-state index contributed by atoms with van der Waals surface area (Å²) >= 11 is 0. The fraction of sp³-hybridized carbons (Fsp3) is 0.260. The Morgan fingerprint density at radius 3 is 2.23 bits per heavy atom. The maximum atomic E-state index is 11.2. The first-order chi connectivity index (χ1) is 29.9. The molecule has 0 amide bonds. The molecule has 5 heterocycles. The number of nitrogens with zero attached hydrogens (tertiary/aromatic N) is 6. The summed E-state index contributed by atoms with van der Waals surface area (Å²) in [6.07, 6.45) is 6.51. The van der Waals surface area contributed by atoms with E-state index in [0.29, 0.717) is 26.2 Å². The number of anilines is 2. The summed E-state index contributed by atoms with van der Waals surface area (Å²) in [5.74, 6) is 0.733. The molecule has 0 saturated carbocycles. The van der Waals surface area contributed by atoms with Gasteiger partial charge in [0.15, 0.2) is 0 Å². The molecular formula is C50H51N9O2. The van der Waals surface area contributed by atoms with Crippen molar-refractivity contribution in [2.45, 2.75) is 38.1 Å². The van der Waals surface area contributed by atoms with Crippen molar-refractivity contribution in [3.63, 3.8) is 0 Å². The zero-order chi connectivity index (χ0) is 41.3. The standard InChI is InChI=1S/C50H51N9O2/c1-57-27-40-12-10-35(23-47(40)56-57)36-15-18-51-48(24-36)53-26-44(61)31-59-20-17-34-9-11-38(21-41(34)29-59)46-14-13-45(49-50(46)55-32-54-49)37-7-4-8-42(22-37)52-25-43(60)30-58-19-16-33-5-2-3-6-39(33)28-58/h2-15,18,21-24,27,32,43-44,52,60-61H,16-17,19-20,25-26,28-31H2,1H3,(H,51,53)(H,54,55). The number of hydrogen-bond acceptors (Lipinski definition) is 9. The molecule has 0 aliphatic carbocycles. The van der Waals surface area contributed by atoms with E-state index in [0.717, 1.165) is 106 Å². The molecule has 0 radical (unpaired) electrons. The van der Waals surface area contributed by atoms with E-state index in [1.807, 2.05) is 30.1 Å². The van der Waals surface area contributed by atoms with E-state index in [2.05, 4.69) is 133 Å². The Hall–Kier alpha value is -6.37. The minimum Gasteiger partial charge on any atom is -0.390 e. The summed E-state index contributed by atoms with van der Waals surface area (Å²) in [5, 5.41) is 34.6. The van der Waals surface area contributed by atoms with Gasteiger partial charge in [0.2, 0.25) is 0 Å². The van der Waals surface area contributed by atoms with E-state index < -0.39 is 12.2 Å². The van der Waals surface area contributed by atoms with Gasteiger partial charge in [-0.1, -0.05) is 72.8 Å². The molecule has 308 valence electrons. The molecule has 8 aromatic rings. The minimum atomic E-state index is -0.562. The maximum absolute atomic E-state index is 11.2. The zero-order valence-corrected chi connectivity index (χ0v) is 34.4. The van der Waals surface area contributed by atoms with Crippen LogP contribution in [0, 0.1) is 0 Å². The smallest absolute Gasteiger partial charge is 0.126 e. The van der Waals surface area contributed by atoms with Crippen LogP contribution in [0.4, 0.5) is 11.5 Å². The van der Waals surface area contributed by atoms with E-state index in [4.69, 9.17) is 4.98 Å². The number of benzene rings is 5. The van der Waals surface area contributed by atoms with Crippen LogP contribution in [-0.4, -0.2) is 96.2 Å². The van der Waals surface area contributed by atoms with Gasteiger partial charge in [0.05, 0.1) is 35.1 Å². The average Bonchev–Trinajstić information content (AvgIpc) is 3.93. The number of pyridine rings is 1. The topological polar surface area (TPSA) is 130 Å². The van der Waals surface area contributed by atoms with Crippen LogP contribution in [0.1, 0.15) is 22.3 Å². The van der Waals surface area contributed by atoms with Crippen molar-refractivity contribution in [2.24, 2.45) is 7.05 Å². The van der Waals surface area contributed by atoms with Gasteiger partial charge in [-0.15, -0.1) is 0 Å². The Morgan fingerprint density at radius 2 is 1.38 bits per heavy atom. The number of aryl methyl sites for hydroxylation is 1. The SMILES string of the molecule is Cn1cc2ccc(-c3ccnc(NCC(O)CN4CCc5ccc(-c6ccc(-c7cccc(NCC(O)CN8CCc9ccccc9C8)c7)c7[nH]cnc67)cc5C4)c3)cc2n1. The number of aromatic amines is 1. The van der Waals surface area contributed by atoms with Gasteiger partial charge in [0, 0.05) is 94.0 Å². The Kier molecular flexibility index (Phi) is 10.8. The Morgan fingerprint density at radius 1 is 0.656 bits per heavy atom. The second kappa shape index (κ2) is 16.9. The fourth-order valence-corrected chi connectivity index (χ4v) is 9.16. The van der Waals surface area contributed by atoms with E-state index in [9.17, 15) is 10.2 Å². The van der Waals surface area contributed by atoms with Gasteiger partial charge in [-0.05, 0) is 93.7 Å². The summed E-state index contributed by atoms with van der Waals surface area (Å²) in [5.41, 5.74) is 15.7. The highest BCUT2D eigenvalue weighted by molar-refractivity contribution is 6.01. The Bertz CT molecular complexity index is 2830. The maximum Gasteiger partial charge on any atom is 0.126 e. The lowest BCUT2D eigenvalue weighted by atomic mass is 9.92. The molecule has 2 aliphatic heterocycles. The number of aliphatic hydroxyl groups is 2. The van der Waals surface area contributed by atoms with Gasteiger partial charge in [0.25, 0.3) is 0 Å². The second-order valence-electron chi connectivity index (χ2n) is 16.7. The molecule has 61 heavy (non-hydrogen) atoms. The fourth-order valence-electron chi connectivity index (χ4n) is 9.16. The lowest BCUT2D eigenvalue weighted by Gasteiger charge is -2.31. The Labute approximate surface area is 355 Å². The number of rotatable bonds is 13. The van der Waals surface area contributed by atoms with Crippen LogP contribution in [0.2, 0.25) is 0 Å². The molecule has 5 aromatic carbocycles. The van der Waals surface area contributed by atoms with Gasteiger partial charge in [-0.25, -0.2) is 9.97 Å². The van der Waals surface area contributed by atoms with E-state index in [1.54, 1.807) is 12.5 Å². The van der Waals surface area contributed by atoms with Crippen LogP contribution in [-0.2, 0) is 33.0 Å². The molecule has 11 heteroatoms. The zero-order valence-electron chi connectivity index (χ0n) is 34.4. The predicted molar refractivity (Wildman–Crippen MR) is 244 cm³/mol. The molecule has 11 nitrogen and oxygen atoms in total. The van der Waals surface area contributed by atoms with Crippen LogP contribution < -0.4 is 10.6 Å². The number of β-amino-alcohol motifs (C(OH)–C–C–N with tert-alkyl or cyclic N) is 2. The van der Waals surface area contributed by atoms with Crippen LogP contribution >= 0.6 is 0 Å². The summed E-state index contributed by atoms with van der Waals surface area (Å²) in [7, 11) is 1.93. The summed E-state index contributed by atoms with van der Waals surface area (Å²) in [6.45, 7) is 5.59. The minimum absolute atomic E-state index is 0.401. The van der Waals surface area contributed by atoms with Gasteiger partial charge in [-0.3, -0.25) is 14.5 Å². The third-order valence-corrected chi connectivity index (χ3v) is 12.3. The molecule has 3 aromatic heterocycles. The van der Waals surface area contributed by atoms with Gasteiger partial charge < -0.3 is 25.8 Å². The molecule has 0 bridgehead atoms. The lowest BCUT2D eigenvalue weighted by molar-refractivity contribution is 0.114. The van der Waals surface area contributed by atoms with Crippen LogP contribution in [0.3, 0.4) is 0 Å². The van der Waals surface area contributed by atoms with Crippen molar-refractivity contribution in [1.82, 2.24) is 34.5 Å². The monoisotopic (exact) mass is 809 g/mol. The van der Waals surface area contributed by atoms with Gasteiger partial charge in [-0.2, -0.15) is 5.10 Å². The first-order valence-electron chi connectivity index (χ1n) is 21.3. The number of aromatic nitrogens is 5. The van der Waals surface area contributed by atoms with Crippen LogP contribution in [0.25, 0.3) is 55.3 Å². The molecule has 2 unspecified atom stereocenters. The lowest BCUT2D eigenvalue weighted by Crippen LogP contribution is -2.39. The molecule has 2 aliphatic rings. The van der Waals surface area contributed by atoms with Gasteiger partial charge >= 0.3 is 0 Å². The van der Waals surface area contributed by atoms with Crippen molar-refractivity contribution in [1.29, 1.82) is 0 Å². The highest BCUT2D eigenvalue weighted by Gasteiger charge is 2.22. The van der Waals surface area contributed by atoms with Crippen LogP contribution in [0.15, 0.2) is 128 Å². The average molecular weight is 810 g/mol. The van der Waals surface area contributed by atoms with Crippen molar-refractivity contribution >= 4 is 33.4 Å². The van der Waals surface area contributed by atoms with E-state index in [1.165, 1.54) is 22.3 Å². The van der Waals surface area contributed by atoms with Crippen molar-refractivity contribution in [3.8, 4) is 33.4 Å². The van der Waals surface area contributed by atoms with Crippen molar-refractivity contribution in [3.05, 3.63) is 150 Å². The molecule has 0 spiro atoms. The van der Waals surface area contributed by atoms with E-state index in [-0.39, 0.29) is 0 Å². The van der Waals surface area contributed by atoms with Crippen molar-refractivity contribution in [2.75, 3.05) is 49.9 Å². The second-order valence-corrected chi connectivity index (χ2v) is 16.7. The number of imidazole rings is 1. The molecule has 10 rings (SSSR count). The third kappa shape index (κ3) is 8.51. The van der Waals surface area contributed by atoms with Gasteiger partial charge in [0.1, 0.15) is 5.82 Å². The number of aliphatic hydroxyl groups excluding tert-OH is 2. The molecule has 0 fully saturated rings. The number of fused-ring (bicyclic) bond motifs is 4. The largest absolute Gasteiger partial charge is 0.390 e. The number of hydrogen-bond donors (Lipinski definition) is 5. The molecular weight excluding hydrogens is 759 g/mol. The molecule has 5 N–H and O–H groups in total. The van der Waals surface area contributed by atoms with E-state index >= 15 is 0 Å². The highest BCUT2D eigenvalue weighted by atomic mass is 16.3. The molecule has 0 saturated heterocycles. The quantitative estimate of drug-likeness (QED) is 0.0804. The van der Waals surface area contributed by atoms with Crippen molar-refractivity contribution < 1.29 is 10.2 Å². The molecule has 2 atom stereocenters. The normalized spacial score (nSPS) is 15.4. The number of H-pyrrole nitrogens is 1. The summed E-state index contributed by atoms with van der Waals surface area (Å²) in [4.78, 5) is 17.4. The summed E-state index contributed by atoms with van der Waals surface area (Å²) in [6, 6.07) is 38.4. The first-order valence-corrected chi connectivity index (χ1v) is 21.3. The highest BCUT2D eigenvalue weighted by Crippen LogP contribution is 2.36. The number of nitrogens with one attached hydrogen (secondary N) is 3. The predicted octanol–water partition coefficient (Wildman–Crippen LogP) is 7.51. The first kappa shape index (κ1) is 38.8. The summed E-state index contributed by atoms with van der Waals surface area (Å²) < 4.78 is 1.83. The van der Waals surface area contributed by atoms with Crippen LogP contribution in [0.5, 0.6) is 0 Å². The Balaban J connectivity index is 0.768. The third-order valence-electron chi connectivity index (χ3n) is 12.3.